The van der Waals surface area contributed by atoms with Gasteiger partial charge in [-0.2, -0.15) is 0 Å². The van der Waals surface area contributed by atoms with Gasteiger partial charge in [0, 0.05) is 50.9 Å². The highest BCUT2D eigenvalue weighted by Gasteiger charge is 2.24. The lowest BCUT2D eigenvalue weighted by atomic mass is 9.97. The predicted octanol–water partition coefficient (Wildman–Crippen LogP) is 1.98. The number of piperidine rings is 1. The van der Waals surface area contributed by atoms with Gasteiger partial charge in [-0.1, -0.05) is 0 Å². The topological polar surface area (TPSA) is 77.8 Å². The summed E-state index contributed by atoms with van der Waals surface area (Å²) in [6, 6.07) is 2.90. The quantitative estimate of drug-likeness (QED) is 0.776. The molecule has 30 heavy (non-hydrogen) atoms. The van der Waals surface area contributed by atoms with E-state index in [1.54, 1.807) is 10.6 Å². The summed E-state index contributed by atoms with van der Waals surface area (Å²) in [7, 11) is 0. The minimum atomic E-state index is -1.29. The van der Waals surface area contributed by atoms with Gasteiger partial charge in [0.15, 0.2) is 0 Å². The van der Waals surface area contributed by atoms with E-state index in [0.717, 1.165) is 51.7 Å². The highest BCUT2D eigenvalue weighted by Crippen LogP contribution is 2.27. The zero-order valence-electron chi connectivity index (χ0n) is 17.4. The fraction of sp³-hybridized carbons (Fsp3) is 0.545. The maximum atomic E-state index is 15.0. The molecule has 0 amide bonds. The number of benzene rings is 1. The van der Waals surface area contributed by atoms with Gasteiger partial charge in [-0.25, -0.2) is 9.18 Å². The number of carboxylic acid groups (broad SMARTS) is 1. The van der Waals surface area contributed by atoms with Crippen LogP contribution in [-0.2, 0) is 6.54 Å². The second-order valence-electron chi connectivity index (χ2n) is 8.26. The molecule has 2 fully saturated rings. The number of aryl methyl sites for hydroxylation is 1. The number of anilines is 1. The van der Waals surface area contributed by atoms with E-state index in [9.17, 15) is 19.1 Å². The first-order chi connectivity index (χ1) is 14.5. The number of rotatable bonds is 5. The summed E-state index contributed by atoms with van der Waals surface area (Å²) in [5.74, 6) is -1.03. The first-order valence-corrected chi connectivity index (χ1v) is 10.8. The van der Waals surface area contributed by atoms with Gasteiger partial charge in [-0.3, -0.25) is 9.69 Å². The Morgan fingerprint density at radius 1 is 1.20 bits per heavy atom. The first kappa shape index (κ1) is 20.8. The average Bonchev–Trinajstić information content (AvgIpc) is 2.75. The minimum Gasteiger partial charge on any atom is -0.477 e. The molecule has 162 valence electrons. The molecule has 0 bridgehead atoms. The number of nitrogens with zero attached hydrogens (tertiary/aromatic N) is 3. The highest BCUT2D eigenvalue weighted by atomic mass is 19.1. The zero-order valence-corrected chi connectivity index (χ0v) is 17.4. The molecule has 2 aliphatic heterocycles. The molecule has 0 radical (unpaired) electrons. The molecule has 8 heteroatoms. The summed E-state index contributed by atoms with van der Waals surface area (Å²) in [6.45, 7) is 8.90. The standard InChI is InChI=1S/C22H29FN4O3/c1-2-26-14-17(22(29)30)21(28)16-11-18(23)20(12-19(16)26)27-9-7-25(8-10-27)13-15-3-5-24-6-4-15/h11-12,14-15,24H,2-10,13H2,1H3,(H,29,30). The SMILES string of the molecule is CCn1cc(C(=O)O)c(=O)c2cc(F)c(N3CCN(CC4CCNCC4)CC3)cc21. The zero-order chi connectivity index (χ0) is 21.3. The molecule has 2 saturated heterocycles. The van der Waals surface area contributed by atoms with Crippen molar-refractivity contribution in [2.45, 2.75) is 26.3 Å². The minimum absolute atomic E-state index is 0.113. The van der Waals surface area contributed by atoms with Crippen molar-refractivity contribution in [3.8, 4) is 0 Å². The van der Waals surface area contributed by atoms with Crippen LogP contribution in [0.4, 0.5) is 10.1 Å². The van der Waals surface area contributed by atoms with Gasteiger partial charge >= 0.3 is 5.97 Å². The molecule has 2 N–H and O–H groups in total. The maximum absolute atomic E-state index is 15.0. The van der Waals surface area contributed by atoms with Crippen molar-refractivity contribution in [1.82, 2.24) is 14.8 Å². The number of pyridine rings is 1. The lowest BCUT2D eigenvalue weighted by Gasteiger charge is -2.38. The molecule has 1 aromatic heterocycles. The van der Waals surface area contributed by atoms with Crippen LogP contribution >= 0.6 is 0 Å². The Morgan fingerprint density at radius 3 is 2.53 bits per heavy atom. The fourth-order valence-corrected chi connectivity index (χ4v) is 4.66. The third-order valence-corrected chi connectivity index (χ3v) is 6.41. The highest BCUT2D eigenvalue weighted by molar-refractivity contribution is 5.93. The van der Waals surface area contributed by atoms with Crippen molar-refractivity contribution in [3.63, 3.8) is 0 Å². The second-order valence-corrected chi connectivity index (χ2v) is 8.26. The molecule has 0 aliphatic carbocycles. The van der Waals surface area contributed by atoms with Crippen molar-refractivity contribution in [2.75, 3.05) is 50.7 Å². The Balaban J connectivity index is 1.56. The normalized spacial score (nSPS) is 18.8. The summed E-state index contributed by atoms with van der Waals surface area (Å²) in [4.78, 5) is 28.4. The van der Waals surface area contributed by atoms with Crippen LogP contribution in [0.25, 0.3) is 10.9 Å². The van der Waals surface area contributed by atoms with Crippen molar-refractivity contribution in [1.29, 1.82) is 0 Å². The molecule has 2 aromatic rings. The number of carboxylic acids is 1. The molecular formula is C22H29FN4O3. The van der Waals surface area contributed by atoms with Gasteiger partial charge in [-0.15, -0.1) is 0 Å². The summed E-state index contributed by atoms with van der Waals surface area (Å²) in [6.07, 6.45) is 3.78. The third kappa shape index (κ3) is 4.06. The van der Waals surface area contributed by atoms with Gasteiger partial charge in [0.05, 0.1) is 11.2 Å². The van der Waals surface area contributed by atoms with E-state index in [1.165, 1.54) is 25.1 Å². The van der Waals surface area contributed by atoms with Crippen LogP contribution < -0.4 is 15.6 Å². The lowest BCUT2D eigenvalue weighted by Crippen LogP contribution is -2.48. The number of hydrogen-bond acceptors (Lipinski definition) is 5. The van der Waals surface area contributed by atoms with Gasteiger partial charge in [-0.05, 0) is 50.9 Å². The molecule has 4 rings (SSSR count). The van der Waals surface area contributed by atoms with E-state index in [1.807, 2.05) is 11.8 Å². The Hall–Kier alpha value is -2.45. The van der Waals surface area contributed by atoms with E-state index in [0.29, 0.717) is 17.7 Å². The van der Waals surface area contributed by atoms with Crippen LogP contribution in [-0.4, -0.2) is 66.4 Å². The Labute approximate surface area is 175 Å². The number of halogens is 1. The van der Waals surface area contributed by atoms with E-state index in [4.69, 9.17) is 0 Å². The fourth-order valence-electron chi connectivity index (χ4n) is 4.66. The molecule has 0 unspecified atom stereocenters. The number of piperazine rings is 1. The summed E-state index contributed by atoms with van der Waals surface area (Å²) >= 11 is 0. The number of nitrogens with one attached hydrogen (secondary N) is 1. The summed E-state index contributed by atoms with van der Waals surface area (Å²) in [5, 5.41) is 12.8. The predicted molar refractivity (Wildman–Crippen MR) is 115 cm³/mol. The van der Waals surface area contributed by atoms with Crippen molar-refractivity contribution < 1.29 is 14.3 Å². The molecule has 0 spiro atoms. The summed E-state index contributed by atoms with van der Waals surface area (Å²) < 4.78 is 16.7. The van der Waals surface area contributed by atoms with Gasteiger partial charge in [0.2, 0.25) is 5.43 Å². The van der Waals surface area contributed by atoms with Crippen LogP contribution in [0.5, 0.6) is 0 Å². The van der Waals surface area contributed by atoms with Crippen LogP contribution in [0, 0.1) is 11.7 Å². The second kappa shape index (κ2) is 8.73. The summed E-state index contributed by atoms with van der Waals surface area (Å²) in [5.41, 5.74) is 0.0807. The monoisotopic (exact) mass is 416 g/mol. The van der Waals surface area contributed by atoms with E-state index >= 15 is 0 Å². The molecule has 2 aliphatic rings. The smallest absolute Gasteiger partial charge is 0.341 e. The Morgan fingerprint density at radius 2 is 1.90 bits per heavy atom. The average molecular weight is 416 g/mol. The van der Waals surface area contributed by atoms with Crippen LogP contribution in [0.2, 0.25) is 0 Å². The van der Waals surface area contributed by atoms with Gasteiger partial charge in [0.1, 0.15) is 11.4 Å². The molecule has 7 nitrogen and oxygen atoms in total. The molecule has 0 atom stereocenters. The largest absolute Gasteiger partial charge is 0.477 e. The maximum Gasteiger partial charge on any atom is 0.341 e. The first-order valence-electron chi connectivity index (χ1n) is 10.8. The van der Waals surface area contributed by atoms with Crippen LogP contribution in [0.1, 0.15) is 30.1 Å². The van der Waals surface area contributed by atoms with Gasteiger partial charge < -0.3 is 19.9 Å². The number of fused-ring (bicyclic) bond motifs is 1. The Bertz CT molecular complexity index is 992. The number of hydrogen-bond donors (Lipinski definition) is 2. The molecule has 0 saturated carbocycles. The number of aromatic carboxylic acids is 1. The third-order valence-electron chi connectivity index (χ3n) is 6.41. The van der Waals surface area contributed by atoms with Gasteiger partial charge in [0.25, 0.3) is 0 Å². The van der Waals surface area contributed by atoms with Crippen LogP contribution in [0.15, 0.2) is 23.1 Å². The van der Waals surface area contributed by atoms with Crippen molar-refractivity contribution in [2.24, 2.45) is 5.92 Å². The molecular weight excluding hydrogens is 387 g/mol. The van der Waals surface area contributed by atoms with E-state index < -0.39 is 17.2 Å². The van der Waals surface area contributed by atoms with Crippen molar-refractivity contribution >= 4 is 22.6 Å². The Kier molecular flexibility index (Phi) is 6.06. The lowest BCUT2D eigenvalue weighted by molar-refractivity contribution is 0.0695. The molecule has 3 heterocycles. The van der Waals surface area contributed by atoms with E-state index in [-0.39, 0.29) is 10.9 Å². The van der Waals surface area contributed by atoms with E-state index in [2.05, 4.69) is 10.2 Å². The number of carbonyl (C=O) groups is 1. The van der Waals surface area contributed by atoms with Crippen molar-refractivity contribution in [3.05, 3.63) is 39.9 Å². The number of aromatic nitrogens is 1. The van der Waals surface area contributed by atoms with Crippen LogP contribution in [0.3, 0.4) is 0 Å². The molecule has 1 aromatic carbocycles.